The van der Waals surface area contributed by atoms with Gasteiger partial charge in [0.1, 0.15) is 0 Å². The molecule has 2 atom stereocenters. The molecule has 1 aliphatic rings. The normalized spacial score (nSPS) is 21.1. The van der Waals surface area contributed by atoms with Gasteiger partial charge in [0.2, 0.25) is 5.91 Å². The van der Waals surface area contributed by atoms with Gasteiger partial charge in [-0.15, -0.1) is 0 Å². The van der Waals surface area contributed by atoms with Crippen molar-refractivity contribution < 1.29 is 18.8 Å². The molecule has 1 rings (SSSR count). The molecule has 0 aromatic heterocycles. The van der Waals surface area contributed by atoms with Gasteiger partial charge in [0.05, 0.1) is 18.6 Å². The Morgan fingerprint density at radius 1 is 1.15 bits per heavy atom. The van der Waals surface area contributed by atoms with Crippen molar-refractivity contribution in [1.82, 2.24) is 10.4 Å². The summed E-state index contributed by atoms with van der Waals surface area (Å²) in [6, 6.07) is 0.896. The van der Waals surface area contributed by atoms with E-state index in [2.05, 4.69) is 58.9 Å². The maximum Gasteiger partial charge on any atom is 0.426 e. The molecule has 0 saturated carbocycles. The number of β-lactam (4-membered cyclic amide) rings is 1. The summed E-state index contributed by atoms with van der Waals surface area (Å²) in [5, 5.41) is 1.60. The summed E-state index contributed by atoms with van der Waals surface area (Å²) in [5.41, 5.74) is 2.64. The van der Waals surface area contributed by atoms with Crippen molar-refractivity contribution in [2.75, 3.05) is 13.2 Å². The molecule has 0 bridgehead atoms. The first-order valence-electron chi connectivity index (χ1n) is 10.1. The molecule has 0 radical (unpaired) electrons. The Morgan fingerprint density at radius 2 is 1.74 bits per heavy atom. The monoisotopic (exact) mass is 416 g/mol. The lowest BCUT2D eigenvalue weighted by Gasteiger charge is -2.46. The second-order valence-corrected chi connectivity index (χ2v) is 20.7. The summed E-state index contributed by atoms with van der Waals surface area (Å²) in [7, 11) is -3.06. The predicted molar refractivity (Wildman–Crippen MR) is 115 cm³/mol. The Kier molecular flexibility index (Phi) is 8.14. The minimum Gasteiger partial charge on any atom is -0.449 e. The number of hydrazine groups is 1. The van der Waals surface area contributed by atoms with Crippen molar-refractivity contribution in [1.29, 1.82) is 0 Å². The van der Waals surface area contributed by atoms with Crippen molar-refractivity contribution in [3.63, 3.8) is 0 Å². The summed E-state index contributed by atoms with van der Waals surface area (Å²) in [6.07, 6.45) is 0.963. The summed E-state index contributed by atoms with van der Waals surface area (Å²) < 4.78 is 11.5. The van der Waals surface area contributed by atoms with E-state index in [-0.39, 0.29) is 22.9 Å². The average molecular weight is 417 g/mol. The zero-order valence-corrected chi connectivity index (χ0v) is 20.8. The van der Waals surface area contributed by atoms with E-state index in [0.717, 1.165) is 18.9 Å². The largest absolute Gasteiger partial charge is 0.449 e. The molecule has 1 aliphatic heterocycles. The summed E-state index contributed by atoms with van der Waals surface area (Å²) in [4.78, 5) is 24.4. The minimum absolute atomic E-state index is 0.0168. The van der Waals surface area contributed by atoms with Gasteiger partial charge in [0.15, 0.2) is 8.32 Å². The summed E-state index contributed by atoms with van der Waals surface area (Å²) >= 11 is 0. The van der Waals surface area contributed by atoms with Crippen molar-refractivity contribution >= 4 is 28.4 Å². The van der Waals surface area contributed by atoms with Crippen LogP contribution in [0.5, 0.6) is 0 Å². The molecule has 1 heterocycles. The Labute approximate surface area is 167 Å². The highest BCUT2D eigenvalue weighted by molar-refractivity contribution is 6.76. The molecule has 6 nitrogen and oxygen atoms in total. The number of hydrogen-bond acceptors (Lipinski definition) is 4. The maximum absolute atomic E-state index is 12.3. The molecule has 0 spiro atoms. The number of carbonyl (C=O) groups is 2. The molecule has 27 heavy (non-hydrogen) atoms. The van der Waals surface area contributed by atoms with E-state index in [1.54, 1.807) is 0 Å². The topological polar surface area (TPSA) is 67.9 Å². The lowest BCUT2D eigenvalue weighted by molar-refractivity contribution is -0.163. The van der Waals surface area contributed by atoms with Crippen molar-refractivity contribution in [3.05, 3.63) is 0 Å². The first-order valence-corrected chi connectivity index (χ1v) is 16.7. The molecule has 1 saturated heterocycles. The van der Waals surface area contributed by atoms with Crippen molar-refractivity contribution in [2.45, 2.75) is 90.4 Å². The van der Waals surface area contributed by atoms with Crippen LogP contribution in [0.3, 0.4) is 0 Å². The van der Waals surface area contributed by atoms with E-state index in [1.807, 2.05) is 6.92 Å². The number of nitrogens with one attached hydrogen (secondary N) is 1. The fourth-order valence-electron chi connectivity index (χ4n) is 2.75. The Morgan fingerprint density at radius 3 is 2.22 bits per heavy atom. The number of nitrogens with zero attached hydrogens (tertiary/aromatic N) is 1. The van der Waals surface area contributed by atoms with Gasteiger partial charge in [-0.1, -0.05) is 47.3 Å². The predicted octanol–water partition coefficient (Wildman–Crippen LogP) is 4.61. The third-order valence-electron chi connectivity index (χ3n) is 5.77. The molecule has 0 unspecified atom stereocenters. The third-order valence-corrected chi connectivity index (χ3v) is 12.0. The van der Waals surface area contributed by atoms with Gasteiger partial charge < -0.3 is 9.16 Å². The fraction of sp³-hybridized carbons (Fsp3) is 0.895. The highest BCUT2D eigenvalue weighted by Gasteiger charge is 2.47. The van der Waals surface area contributed by atoms with Crippen LogP contribution < -0.4 is 5.43 Å². The Balaban J connectivity index is 2.54. The van der Waals surface area contributed by atoms with Crippen LogP contribution in [0.2, 0.25) is 43.8 Å². The van der Waals surface area contributed by atoms with E-state index in [4.69, 9.17) is 9.16 Å². The fourth-order valence-corrected chi connectivity index (χ4v) is 4.53. The molecule has 158 valence electrons. The average Bonchev–Trinajstić information content (AvgIpc) is 2.49. The second kappa shape index (κ2) is 9.09. The molecule has 0 aliphatic carbocycles. The zero-order valence-electron chi connectivity index (χ0n) is 18.8. The van der Waals surface area contributed by atoms with Crippen LogP contribution in [0, 0.1) is 5.92 Å². The SMILES string of the molecule is CC[C@@H]1C(=O)N(NC(=O)OCC[Si](C)(C)C)[C@@H]1CCO[Si](C)(C)C(C)(C)C. The third kappa shape index (κ3) is 6.91. The minimum atomic E-state index is -1.81. The van der Waals surface area contributed by atoms with Crippen LogP contribution in [0.25, 0.3) is 0 Å². The highest BCUT2D eigenvalue weighted by atomic mass is 28.4. The quantitative estimate of drug-likeness (QED) is 0.440. The molecule has 2 amide bonds. The smallest absolute Gasteiger partial charge is 0.426 e. The number of hydrogen-bond donors (Lipinski definition) is 1. The second-order valence-electron chi connectivity index (χ2n) is 10.2. The molecule has 8 heteroatoms. The highest BCUT2D eigenvalue weighted by Crippen LogP contribution is 2.37. The van der Waals surface area contributed by atoms with Crippen molar-refractivity contribution in [3.8, 4) is 0 Å². The lowest BCUT2D eigenvalue weighted by atomic mass is 9.85. The van der Waals surface area contributed by atoms with Crippen LogP contribution in [-0.2, 0) is 14.0 Å². The van der Waals surface area contributed by atoms with Gasteiger partial charge in [0.25, 0.3) is 0 Å². The number of rotatable bonds is 9. The molecule has 1 N–H and O–H groups in total. The molecular formula is C19H40N2O4Si2. The van der Waals surface area contributed by atoms with Gasteiger partial charge in [0, 0.05) is 14.7 Å². The maximum atomic E-state index is 12.3. The first-order chi connectivity index (χ1) is 12.2. The zero-order chi connectivity index (χ0) is 21.0. The standard InChI is InChI=1S/C19H40N2O4Si2/c1-10-15-16(11-12-25-27(8,9)19(2,3)4)21(17(15)22)20-18(23)24-13-14-26(5,6)7/h15-16H,10-14H2,1-9H3,(H,20,23)/t15-,16+/m0/s1. The van der Waals surface area contributed by atoms with Crippen LogP contribution in [0.4, 0.5) is 4.79 Å². The van der Waals surface area contributed by atoms with Gasteiger partial charge in [-0.2, -0.15) is 0 Å². The molecule has 0 aromatic rings. The van der Waals surface area contributed by atoms with E-state index >= 15 is 0 Å². The van der Waals surface area contributed by atoms with Gasteiger partial charge in [-0.05, 0) is 37.0 Å². The Bertz CT molecular complexity index is 527. The van der Waals surface area contributed by atoms with Gasteiger partial charge in [-0.3, -0.25) is 4.79 Å². The van der Waals surface area contributed by atoms with E-state index in [9.17, 15) is 9.59 Å². The van der Waals surface area contributed by atoms with Crippen molar-refractivity contribution in [2.24, 2.45) is 5.92 Å². The molecule has 0 aromatic carbocycles. The van der Waals surface area contributed by atoms with Crippen LogP contribution in [-0.4, -0.2) is 52.7 Å². The van der Waals surface area contributed by atoms with Crippen LogP contribution >= 0.6 is 0 Å². The Hall–Kier alpha value is -0.866. The van der Waals surface area contributed by atoms with E-state index in [0.29, 0.717) is 13.2 Å². The van der Waals surface area contributed by atoms with Crippen LogP contribution in [0.1, 0.15) is 40.5 Å². The molecule has 1 fully saturated rings. The van der Waals surface area contributed by atoms with E-state index < -0.39 is 22.5 Å². The lowest BCUT2D eigenvalue weighted by Crippen LogP contribution is -2.67. The van der Waals surface area contributed by atoms with E-state index in [1.165, 1.54) is 5.01 Å². The molecular weight excluding hydrogens is 376 g/mol. The number of carbonyl (C=O) groups excluding carboxylic acids is 2. The summed E-state index contributed by atoms with van der Waals surface area (Å²) in [5.74, 6) is -0.0766. The number of ether oxygens (including phenoxy) is 1. The van der Waals surface area contributed by atoms with Gasteiger partial charge >= 0.3 is 6.09 Å². The summed E-state index contributed by atoms with van der Waals surface area (Å²) in [6.45, 7) is 20.8. The number of amides is 2. The first kappa shape index (κ1) is 24.2. The van der Waals surface area contributed by atoms with Crippen LogP contribution in [0.15, 0.2) is 0 Å². The van der Waals surface area contributed by atoms with Gasteiger partial charge in [-0.25, -0.2) is 15.2 Å².